The van der Waals surface area contributed by atoms with Crippen molar-refractivity contribution in [2.45, 2.75) is 38.0 Å². The quantitative estimate of drug-likeness (QED) is 0.872. The third kappa shape index (κ3) is 2.81. The van der Waals surface area contributed by atoms with Crippen LogP contribution in [0.15, 0.2) is 42.7 Å². The first-order valence-corrected chi connectivity index (χ1v) is 8.31. The van der Waals surface area contributed by atoms with Crippen molar-refractivity contribution in [1.29, 1.82) is 0 Å². The van der Waals surface area contributed by atoms with E-state index >= 15 is 0 Å². The van der Waals surface area contributed by atoms with Crippen molar-refractivity contribution in [2.75, 3.05) is 19.7 Å². The summed E-state index contributed by atoms with van der Waals surface area (Å²) in [6, 6.07) is 11.5. The normalized spacial score (nSPS) is 25.8. The molecule has 1 aromatic heterocycles. The maximum absolute atomic E-state index is 5.96. The van der Waals surface area contributed by atoms with E-state index in [4.69, 9.17) is 4.74 Å². The largest absolute Gasteiger partial charge is 0.374 e. The molecule has 2 atom stereocenters. The molecule has 0 bridgehead atoms. The van der Waals surface area contributed by atoms with E-state index in [1.165, 1.54) is 30.4 Å². The lowest BCUT2D eigenvalue weighted by Crippen LogP contribution is -2.46. The number of aromatic nitrogens is 2. The predicted molar refractivity (Wildman–Crippen MR) is 85.7 cm³/mol. The van der Waals surface area contributed by atoms with E-state index in [0.717, 1.165) is 26.2 Å². The van der Waals surface area contributed by atoms with Crippen LogP contribution in [0.1, 0.15) is 30.0 Å². The zero-order valence-electron chi connectivity index (χ0n) is 12.9. The molecule has 2 aromatic rings. The second-order valence-corrected chi connectivity index (χ2v) is 6.32. The molecule has 1 saturated heterocycles. The number of fused-ring (bicyclic) bond motifs is 1. The van der Waals surface area contributed by atoms with Crippen molar-refractivity contribution >= 4 is 0 Å². The molecule has 1 aliphatic carbocycles. The lowest BCUT2D eigenvalue weighted by molar-refractivity contribution is -0.0541. The smallest absolute Gasteiger partial charge is 0.0898 e. The summed E-state index contributed by atoms with van der Waals surface area (Å²) in [6.45, 7) is 3.70. The predicted octanol–water partition coefficient (Wildman–Crippen LogP) is 2.66. The highest BCUT2D eigenvalue weighted by Gasteiger charge is 2.30. The molecule has 4 rings (SSSR count). The van der Waals surface area contributed by atoms with Gasteiger partial charge in [-0.3, -0.25) is 9.58 Å². The first-order valence-electron chi connectivity index (χ1n) is 8.31. The first-order chi connectivity index (χ1) is 10.9. The van der Waals surface area contributed by atoms with E-state index < -0.39 is 0 Å². The molecule has 22 heavy (non-hydrogen) atoms. The van der Waals surface area contributed by atoms with Crippen LogP contribution in [0, 0.1) is 0 Å². The summed E-state index contributed by atoms with van der Waals surface area (Å²) in [5.41, 5.74) is 3.07. The van der Waals surface area contributed by atoms with Gasteiger partial charge in [0.1, 0.15) is 0 Å². The third-order valence-electron chi connectivity index (χ3n) is 4.90. The van der Waals surface area contributed by atoms with Gasteiger partial charge < -0.3 is 4.74 Å². The fourth-order valence-corrected chi connectivity index (χ4v) is 3.86. The van der Waals surface area contributed by atoms with Crippen molar-refractivity contribution in [3.8, 4) is 0 Å². The lowest BCUT2D eigenvalue weighted by atomic mass is 9.86. The standard InChI is InChI=1S/C18H23N3O/c1-2-7-17-15(5-1)6-3-8-18(17)20-11-12-22-16(13-20)14-21-10-4-9-19-21/h1-2,4-5,7,9-10,16,18H,3,6,8,11-14H2/t16-,18+/m0/s1. The minimum Gasteiger partial charge on any atom is -0.374 e. The fraction of sp³-hybridized carbons (Fsp3) is 0.500. The Bertz CT molecular complexity index is 611. The van der Waals surface area contributed by atoms with Crippen LogP contribution in [0.25, 0.3) is 0 Å². The molecule has 0 unspecified atom stereocenters. The number of hydrogen-bond acceptors (Lipinski definition) is 3. The van der Waals surface area contributed by atoms with Crippen molar-refractivity contribution in [2.24, 2.45) is 0 Å². The molecule has 1 aliphatic heterocycles. The Morgan fingerprint density at radius 2 is 2.18 bits per heavy atom. The Kier molecular flexibility index (Phi) is 3.95. The van der Waals surface area contributed by atoms with E-state index in [1.807, 2.05) is 23.1 Å². The minimum atomic E-state index is 0.239. The molecule has 1 fully saturated rings. The van der Waals surface area contributed by atoms with Gasteiger partial charge in [-0.15, -0.1) is 0 Å². The molecule has 4 heteroatoms. The van der Waals surface area contributed by atoms with E-state index in [9.17, 15) is 0 Å². The molecule has 0 amide bonds. The van der Waals surface area contributed by atoms with Gasteiger partial charge in [-0.1, -0.05) is 24.3 Å². The number of aryl methyl sites for hydroxylation is 1. The Labute approximate surface area is 131 Å². The minimum absolute atomic E-state index is 0.239. The van der Waals surface area contributed by atoms with Gasteiger partial charge in [0.25, 0.3) is 0 Å². The monoisotopic (exact) mass is 297 g/mol. The molecule has 116 valence electrons. The van der Waals surface area contributed by atoms with Gasteiger partial charge in [0, 0.05) is 31.5 Å². The SMILES string of the molecule is c1ccc2c(c1)CCC[C@H]2N1CCO[C@H](Cn2cccn2)C1. The molecule has 0 saturated carbocycles. The van der Waals surface area contributed by atoms with Crippen LogP contribution in [-0.2, 0) is 17.7 Å². The van der Waals surface area contributed by atoms with E-state index in [0.29, 0.717) is 6.04 Å². The van der Waals surface area contributed by atoms with Crippen molar-refractivity contribution in [1.82, 2.24) is 14.7 Å². The van der Waals surface area contributed by atoms with Gasteiger partial charge in [0.05, 0.1) is 19.3 Å². The van der Waals surface area contributed by atoms with Crippen LogP contribution in [0.5, 0.6) is 0 Å². The fourth-order valence-electron chi connectivity index (χ4n) is 3.86. The molecule has 0 radical (unpaired) electrons. The Morgan fingerprint density at radius 3 is 3.09 bits per heavy atom. The van der Waals surface area contributed by atoms with Crippen LogP contribution in [0.2, 0.25) is 0 Å². The number of benzene rings is 1. The highest BCUT2D eigenvalue weighted by molar-refractivity contribution is 5.32. The molecule has 4 nitrogen and oxygen atoms in total. The molecule has 1 aromatic carbocycles. The van der Waals surface area contributed by atoms with Gasteiger partial charge >= 0.3 is 0 Å². The van der Waals surface area contributed by atoms with Gasteiger partial charge in [-0.25, -0.2) is 0 Å². The van der Waals surface area contributed by atoms with Gasteiger partial charge in [0.2, 0.25) is 0 Å². The summed E-state index contributed by atoms with van der Waals surface area (Å²) in [5.74, 6) is 0. The molecule has 0 spiro atoms. The number of rotatable bonds is 3. The molecule has 2 heterocycles. The summed E-state index contributed by atoms with van der Waals surface area (Å²) in [6.07, 6.45) is 7.88. The third-order valence-corrected chi connectivity index (χ3v) is 4.90. The molecule has 2 aliphatic rings. The van der Waals surface area contributed by atoms with E-state index in [1.54, 1.807) is 0 Å². The van der Waals surface area contributed by atoms with Crippen LogP contribution in [-0.4, -0.2) is 40.5 Å². The Balaban J connectivity index is 1.48. The molecular formula is C18H23N3O. The Morgan fingerprint density at radius 1 is 1.23 bits per heavy atom. The number of nitrogens with zero attached hydrogens (tertiary/aromatic N) is 3. The van der Waals surface area contributed by atoms with Gasteiger partial charge in [0.15, 0.2) is 0 Å². The molecular weight excluding hydrogens is 274 g/mol. The average Bonchev–Trinajstić information content (AvgIpc) is 3.07. The zero-order valence-corrected chi connectivity index (χ0v) is 12.9. The van der Waals surface area contributed by atoms with Crippen molar-refractivity contribution in [3.63, 3.8) is 0 Å². The van der Waals surface area contributed by atoms with Crippen molar-refractivity contribution in [3.05, 3.63) is 53.9 Å². The summed E-state index contributed by atoms with van der Waals surface area (Å²) < 4.78 is 7.93. The van der Waals surface area contributed by atoms with Crippen molar-refractivity contribution < 1.29 is 4.74 Å². The van der Waals surface area contributed by atoms with Gasteiger partial charge in [-0.2, -0.15) is 5.10 Å². The van der Waals surface area contributed by atoms with Crippen LogP contribution in [0.3, 0.4) is 0 Å². The summed E-state index contributed by atoms with van der Waals surface area (Å²) in [4.78, 5) is 2.62. The van der Waals surface area contributed by atoms with E-state index in [-0.39, 0.29) is 6.10 Å². The average molecular weight is 297 g/mol. The first kappa shape index (κ1) is 14.0. The van der Waals surface area contributed by atoms with Crippen LogP contribution >= 0.6 is 0 Å². The number of morpholine rings is 1. The lowest BCUT2D eigenvalue weighted by Gasteiger charge is -2.40. The highest BCUT2D eigenvalue weighted by atomic mass is 16.5. The number of ether oxygens (including phenoxy) is 1. The second-order valence-electron chi connectivity index (χ2n) is 6.32. The van der Waals surface area contributed by atoms with Gasteiger partial charge in [-0.05, 0) is 36.5 Å². The summed E-state index contributed by atoms with van der Waals surface area (Å²) >= 11 is 0. The zero-order chi connectivity index (χ0) is 14.8. The summed E-state index contributed by atoms with van der Waals surface area (Å²) in [7, 11) is 0. The second kappa shape index (κ2) is 6.23. The maximum atomic E-state index is 5.96. The molecule has 0 N–H and O–H groups in total. The topological polar surface area (TPSA) is 30.3 Å². The maximum Gasteiger partial charge on any atom is 0.0898 e. The summed E-state index contributed by atoms with van der Waals surface area (Å²) in [5, 5.41) is 4.30. The highest BCUT2D eigenvalue weighted by Crippen LogP contribution is 2.35. The number of hydrogen-bond donors (Lipinski definition) is 0. The Hall–Kier alpha value is -1.65. The van der Waals surface area contributed by atoms with Crippen LogP contribution < -0.4 is 0 Å². The van der Waals surface area contributed by atoms with Crippen LogP contribution in [0.4, 0.5) is 0 Å². The van der Waals surface area contributed by atoms with E-state index in [2.05, 4.69) is 34.3 Å².